The van der Waals surface area contributed by atoms with Crippen LogP contribution in [-0.2, 0) is 16.0 Å². The number of morpholine rings is 1. The van der Waals surface area contributed by atoms with E-state index in [0.29, 0.717) is 24.9 Å². The van der Waals surface area contributed by atoms with Gasteiger partial charge in [-0.3, -0.25) is 9.69 Å². The molecule has 1 atom stereocenters. The molecule has 5 nitrogen and oxygen atoms in total. The van der Waals surface area contributed by atoms with Crippen molar-refractivity contribution < 1.29 is 13.9 Å². The van der Waals surface area contributed by atoms with Gasteiger partial charge in [-0.15, -0.1) is 0 Å². The Morgan fingerprint density at radius 1 is 1.14 bits per heavy atom. The zero-order chi connectivity index (χ0) is 20.2. The first kappa shape index (κ1) is 19.9. The SMILES string of the molecule is CC(C)CC(CNC(=O)Cc1coc2ccc3ccccc3c12)N1CCOCC1. The summed E-state index contributed by atoms with van der Waals surface area (Å²) in [4.78, 5) is 15.2. The molecule has 2 aromatic carbocycles. The molecule has 2 heterocycles. The summed E-state index contributed by atoms with van der Waals surface area (Å²) in [6.45, 7) is 8.56. The Labute approximate surface area is 172 Å². The van der Waals surface area contributed by atoms with E-state index in [4.69, 9.17) is 9.15 Å². The van der Waals surface area contributed by atoms with Gasteiger partial charge in [-0.2, -0.15) is 0 Å². The summed E-state index contributed by atoms with van der Waals surface area (Å²) >= 11 is 0. The molecule has 1 N–H and O–H groups in total. The first-order valence-corrected chi connectivity index (χ1v) is 10.6. The minimum atomic E-state index is 0.0441. The van der Waals surface area contributed by atoms with Crippen LogP contribution in [0.3, 0.4) is 0 Å². The lowest BCUT2D eigenvalue weighted by molar-refractivity contribution is -0.120. The summed E-state index contributed by atoms with van der Waals surface area (Å²) in [6, 6.07) is 12.6. The largest absolute Gasteiger partial charge is 0.464 e. The van der Waals surface area contributed by atoms with Gasteiger partial charge in [0.2, 0.25) is 5.91 Å². The van der Waals surface area contributed by atoms with Crippen LogP contribution in [0.4, 0.5) is 0 Å². The van der Waals surface area contributed by atoms with E-state index in [1.807, 2.05) is 18.2 Å². The van der Waals surface area contributed by atoms with E-state index in [0.717, 1.165) is 60.0 Å². The molecule has 1 unspecified atom stereocenters. The van der Waals surface area contributed by atoms with E-state index in [-0.39, 0.29) is 5.91 Å². The second-order valence-electron chi connectivity index (χ2n) is 8.33. The quantitative estimate of drug-likeness (QED) is 0.658. The smallest absolute Gasteiger partial charge is 0.224 e. The molecule has 3 aromatic rings. The average molecular weight is 395 g/mol. The lowest BCUT2D eigenvalue weighted by Gasteiger charge is -2.35. The predicted octanol–water partition coefficient (Wildman–Crippen LogP) is 3.99. The van der Waals surface area contributed by atoms with Crippen LogP contribution >= 0.6 is 0 Å². The van der Waals surface area contributed by atoms with Crippen LogP contribution in [0, 0.1) is 5.92 Å². The Balaban J connectivity index is 1.45. The van der Waals surface area contributed by atoms with Gasteiger partial charge in [0.05, 0.1) is 25.9 Å². The van der Waals surface area contributed by atoms with Gasteiger partial charge in [0.15, 0.2) is 0 Å². The fraction of sp³-hybridized carbons (Fsp3) is 0.458. The van der Waals surface area contributed by atoms with Gasteiger partial charge in [0, 0.05) is 36.6 Å². The molecule has 0 spiro atoms. The third-order valence-electron chi connectivity index (χ3n) is 5.73. The van der Waals surface area contributed by atoms with Crippen molar-refractivity contribution in [3.63, 3.8) is 0 Å². The molecule has 0 aliphatic carbocycles. The molecule has 1 aliphatic rings. The zero-order valence-corrected chi connectivity index (χ0v) is 17.3. The van der Waals surface area contributed by atoms with Crippen molar-refractivity contribution in [2.24, 2.45) is 5.92 Å². The van der Waals surface area contributed by atoms with E-state index >= 15 is 0 Å². The molecule has 1 fully saturated rings. The van der Waals surface area contributed by atoms with E-state index in [1.165, 1.54) is 0 Å². The summed E-state index contributed by atoms with van der Waals surface area (Å²) in [6.07, 6.45) is 3.13. The Hall–Kier alpha value is -2.37. The number of nitrogens with zero attached hydrogens (tertiary/aromatic N) is 1. The third kappa shape index (κ3) is 4.62. The summed E-state index contributed by atoms with van der Waals surface area (Å²) in [5, 5.41) is 6.51. The van der Waals surface area contributed by atoms with Crippen LogP contribution < -0.4 is 5.32 Å². The highest BCUT2D eigenvalue weighted by molar-refractivity contribution is 6.08. The molecule has 1 aromatic heterocycles. The Kier molecular flexibility index (Phi) is 6.16. The first-order chi connectivity index (χ1) is 14.1. The molecular weight excluding hydrogens is 364 g/mol. The molecule has 4 rings (SSSR count). The van der Waals surface area contributed by atoms with E-state index in [1.54, 1.807) is 6.26 Å². The maximum Gasteiger partial charge on any atom is 0.224 e. The van der Waals surface area contributed by atoms with Crippen LogP contribution in [0.25, 0.3) is 21.7 Å². The van der Waals surface area contributed by atoms with Gasteiger partial charge in [-0.25, -0.2) is 0 Å². The Morgan fingerprint density at radius 2 is 1.93 bits per heavy atom. The molecule has 154 valence electrons. The number of hydrogen-bond acceptors (Lipinski definition) is 4. The summed E-state index contributed by atoms with van der Waals surface area (Å²) < 4.78 is 11.2. The molecule has 0 saturated carbocycles. The van der Waals surface area contributed by atoms with E-state index in [9.17, 15) is 4.79 Å². The number of rotatable bonds is 7. The lowest BCUT2D eigenvalue weighted by Crippen LogP contribution is -2.49. The first-order valence-electron chi connectivity index (χ1n) is 10.6. The molecule has 29 heavy (non-hydrogen) atoms. The maximum atomic E-state index is 12.8. The number of benzene rings is 2. The van der Waals surface area contributed by atoms with Gasteiger partial charge in [-0.1, -0.05) is 44.2 Å². The van der Waals surface area contributed by atoms with Crippen LogP contribution in [0.2, 0.25) is 0 Å². The minimum absolute atomic E-state index is 0.0441. The average Bonchev–Trinajstić information content (AvgIpc) is 3.14. The van der Waals surface area contributed by atoms with E-state index < -0.39 is 0 Å². The number of amides is 1. The second-order valence-corrected chi connectivity index (χ2v) is 8.33. The van der Waals surface area contributed by atoms with Crippen molar-refractivity contribution in [2.75, 3.05) is 32.8 Å². The van der Waals surface area contributed by atoms with Crippen molar-refractivity contribution in [3.8, 4) is 0 Å². The second kappa shape index (κ2) is 8.97. The van der Waals surface area contributed by atoms with E-state index in [2.05, 4.69) is 42.3 Å². The zero-order valence-electron chi connectivity index (χ0n) is 17.3. The van der Waals surface area contributed by atoms with Gasteiger partial charge in [-0.05, 0) is 29.2 Å². The molecule has 0 bridgehead atoms. The van der Waals surface area contributed by atoms with Crippen LogP contribution in [0.1, 0.15) is 25.8 Å². The number of ether oxygens (including phenoxy) is 1. The number of carbonyl (C=O) groups excluding carboxylic acids is 1. The monoisotopic (exact) mass is 394 g/mol. The number of fused-ring (bicyclic) bond motifs is 3. The Morgan fingerprint density at radius 3 is 2.72 bits per heavy atom. The number of furan rings is 1. The summed E-state index contributed by atoms with van der Waals surface area (Å²) in [7, 11) is 0. The van der Waals surface area contributed by atoms with Crippen molar-refractivity contribution in [3.05, 3.63) is 48.2 Å². The topological polar surface area (TPSA) is 54.7 Å². The van der Waals surface area contributed by atoms with Crippen molar-refractivity contribution in [1.82, 2.24) is 10.2 Å². The third-order valence-corrected chi connectivity index (χ3v) is 5.73. The summed E-state index contributed by atoms with van der Waals surface area (Å²) in [5.74, 6) is 0.631. The molecule has 0 radical (unpaired) electrons. The fourth-order valence-electron chi connectivity index (χ4n) is 4.32. The van der Waals surface area contributed by atoms with Crippen molar-refractivity contribution in [1.29, 1.82) is 0 Å². The van der Waals surface area contributed by atoms with Crippen LogP contribution in [-0.4, -0.2) is 49.7 Å². The van der Waals surface area contributed by atoms with Crippen LogP contribution in [0.5, 0.6) is 0 Å². The van der Waals surface area contributed by atoms with Gasteiger partial charge in [0.25, 0.3) is 0 Å². The number of hydrogen-bond donors (Lipinski definition) is 1. The molecule has 1 saturated heterocycles. The fourth-order valence-corrected chi connectivity index (χ4v) is 4.32. The molecule has 1 amide bonds. The highest BCUT2D eigenvalue weighted by Crippen LogP contribution is 2.30. The maximum absolute atomic E-state index is 12.8. The molecule has 5 heteroatoms. The standard InChI is InChI=1S/C24H30N2O3/c1-17(2)13-20(26-9-11-28-12-10-26)15-25-23(27)14-19-16-29-22-8-7-18-5-3-4-6-21(18)24(19)22/h3-8,16-17,20H,9-15H2,1-2H3,(H,25,27). The van der Waals surface area contributed by atoms with Crippen LogP contribution in [0.15, 0.2) is 47.1 Å². The highest BCUT2D eigenvalue weighted by Gasteiger charge is 2.23. The van der Waals surface area contributed by atoms with Gasteiger partial charge >= 0.3 is 0 Å². The summed E-state index contributed by atoms with van der Waals surface area (Å²) in [5.41, 5.74) is 1.78. The number of carbonyl (C=O) groups is 1. The normalized spacial score (nSPS) is 16.5. The highest BCUT2D eigenvalue weighted by atomic mass is 16.5. The molecular formula is C24H30N2O3. The molecule has 1 aliphatic heterocycles. The minimum Gasteiger partial charge on any atom is -0.464 e. The lowest BCUT2D eigenvalue weighted by atomic mass is 10.0. The van der Waals surface area contributed by atoms with Crippen molar-refractivity contribution in [2.45, 2.75) is 32.7 Å². The van der Waals surface area contributed by atoms with Gasteiger partial charge in [0.1, 0.15) is 5.58 Å². The Bertz CT molecular complexity index is 973. The predicted molar refractivity (Wildman–Crippen MR) is 116 cm³/mol. The number of nitrogens with one attached hydrogen (secondary N) is 1. The van der Waals surface area contributed by atoms with Crippen molar-refractivity contribution >= 4 is 27.6 Å². The van der Waals surface area contributed by atoms with Gasteiger partial charge < -0.3 is 14.5 Å².